The van der Waals surface area contributed by atoms with E-state index < -0.39 is 0 Å². The zero-order chi connectivity index (χ0) is 10.3. The normalized spacial score (nSPS) is 10.9. The highest BCUT2D eigenvalue weighted by molar-refractivity contribution is 9.13. The summed E-state index contributed by atoms with van der Waals surface area (Å²) in [5.41, 5.74) is 0. The van der Waals surface area contributed by atoms with Crippen molar-refractivity contribution in [2.75, 3.05) is 0 Å². The number of hydrogen-bond donors (Lipinski definition) is 0. The van der Waals surface area contributed by atoms with Gasteiger partial charge in [-0.25, -0.2) is 0 Å². The summed E-state index contributed by atoms with van der Waals surface area (Å²) in [7, 11) is 0. The second-order valence-electron chi connectivity index (χ2n) is 2.84. The SMILES string of the molecule is Brc1ccc2c(Br)c(Br)cc(Br)c2c1. The van der Waals surface area contributed by atoms with Crippen molar-refractivity contribution in [3.05, 3.63) is 42.2 Å². The van der Waals surface area contributed by atoms with Crippen molar-refractivity contribution < 1.29 is 0 Å². The van der Waals surface area contributed by atoms with Crippen molar-refractivity contribution in [3.63, 3.8) is 0 Å². The number of halogens is 4. The fourth-order valence-electron chi connectivity index (χ4n) is 1.29. The largest absolute Gasteiger partial charge is 0.0520 e. The van der Waals surface area contributed by atoms with Crippen LogP contribution in [0.25, 0.3) is 10.8 Å². The van der Waals surface area contributed by atoms with Crippen LogP contribution in [-0.2, 0) is 0 Å². The lowest BCUT2D eigenvalue weighted by atomic mass is 10.1. The highest BCUT2D eigenvalue weighted by atomic mass is 79.9. The van der Waals surface area contributed by atoms with Crippen LogP contribution in [0.4, 0.5) is 0 Å². The van der Waals surface area contributed by atoms with Crippen LogP contribution in [0.3, 0.4) is 0 Å². The summed E-state index contributed by atoms with van der Waals surface area (Å²) in [5.74, 6) is 0. The van der Waals surface area contributed by atoms with E-state index in [2.05, 4.69) is 75.9 Å². The summed E-state index contributed by atoms with van der Waals surface area (Å²) >= 11 is 14.1. The minimum absolute atomic E-state index is 1.05. The predicted octanol–water partition coefficient (Wildman–Crippen LogP) is 5.89. The average molecular weight is 444 g/mol. The molecule has 0 aliphatic carbocycles. The molecule has 2 rings (SSSR count). The van der Waals surface area contributed by atoms with Crippen molar-refractivity contribution >= 4 is 74.5 Å². The van der Waals surface area contributed by atoms with Gasteiger partial charge in [0.25, 0.3) is 0 Å². The lowest BCUT2D eigenvalue weighted by molar-refractivity contribution is 1.60. The minimum atomic E-state index is 1.05. The Hall–Kier alpha value is 0.620. The molecule has 0 atom stereocenters. The molecular formula is C10H4Br4. The maximum absolute atomic E-state index is 3.56. The van der Waals surface area contributed by atoms with E-state index in [-0.39, 0.29) is 0 Å². The van der Waals surface area contributed by atoms with E-state index in [4.69, 9.17) is 0 Å². The van der Waals surface area contributed by atoms with Gasteiger partial charge >= 0.3 is 0 Å². The number of rotatable bonds is 0. The standard InChI is InChI=1S/C10H4Br4/c11-5-1-2-6-7(3-5)8(12)4-9(13)10(6)14/h1-4H. The first-order chi connectivity index (χ1) is 6.59. The molecule has 0 aliphatic heterocycles. The van der Waals surface area contributed by atoms with E-state index in [9.17, 15) is 0 Å². The van der Waals surface area contributed by atoms with Crippen molar-refractivity contribution in [2.45, 2.75) is 0 Å². The molecule has 2 aromatic carbocycles. The molecule has 0 aliphatic rings. The van der Waals surface area contributed by atoms with Crippen molar-refractivity contribution in [2.24, 2.45) is 0 Å². The lowest BCUT2D eigenvalue weighted by Crippen LogP contribution is -1.79. The Morgan fingerprint density at radius 1 is 0.714 bits per heavy atom. The van der Waals surface area contributed by atoms with Crippen LogP contribution in [0.1, 0.15) is 0 Å². The smallest absolute Gasteiger partial charge is 0.0396 e. The van der Waals surface area contributed by atoms with Gasteiger partial charge in [-0.2, -0.15) is 0 Å². The fourth-order valence-corrected chi connectivity index (χ4v) is 3.41. The Balaban J connectivity index is 2.94. The topological polar surface area (TPSA) is 0 Å². The molecule has 0 amide bonds. The molecule has 72 valence electrons. The van der Waals surface area contributed by atoms with E-state index in [1.54, 1.807) is 0 Å². The van der Waals surface area contributed by atoms with E-state index in [0.717, 1.165) is 17.9 Å². The van der Waals surface area contributed by atoms with Crippen LogP contribution in [0.5, 0.6) is 0 Å². The fraction of sp³-hybridized carbons (Fsp3) is 0. The van der Waals surface area contributed by atoms with Crippen LogP contribution < -0.4 is 0 Å². The summed E-state index contributed by atoms with van der Waals surface area (Å²) in [6, 6.07) is 8.25. The maximum atomic E-state index is 3.56. The summed E-state index contributed by atoms with van der Waals surface area (Å²) in [6.07, 6.45) is 0. The molecule has 0 bridgehead atoms. The Kier molecular flexibility index (Phi) is 3.37. The molecule has 0 N–H and O–H groups in total. The molecule has 14 heavy (non-hydrogen) atoms. The Labute approximate surface area is 116 Å². The minimum Gasteiger partial charge on any atom is -0.0520 e. The second-order valence-corrected chi connectivity index (χ2v) is 6.26. The van der Waals surface area contributed by atoms with Gasteiger partial charge in [0, 0.05) is 17.9 Å². The third-order valence-corrected chi connectivity index (χ3v) is 5.10. The molecule has 0 fully saturated rings. The molecule has 0 heterocycles. The zero-order valence-corrected chi connectivity index (χ0v) is 13.2. The second kappa shape index (κ2) is 4.24. The number of hydrogen-bond acceptors (Lipinski definition) is 0. The molecule has 2 aromatic rings. The van der Waals surface area contributed by atoms with Gasteiger partial charge < -0.3 is 0 Å². The van der Waals surface area contributed by atoms with E-state index in [1.807, 2.05) is 12.1 Å². The Bertz CT molecular complexity index is 505. The van der Waals surface area contributed by atoms with E-state index in [0.29, 0.717) is 0 Å². The summed E-state index contributed by atoms with van der Waals surface area (Å²) in [6.45, 7) is 0. The van der Waals surface area contributed by atoms with Gasteiger partial charge in [-0.1, -0.05) is 37.9 Å². The number of fused-ring (bicyclic) bond motifs is 1. The highest BCUT2D eigenvalue weighted by Gasteiger charge is 2.07. The summed E-state index contributed by atoms with van der Waals surface area (Å²) in [5, 5.41) is 2.38. The molecule has 0 unspecified atom stereocenters. The van der Waals surface area contributed by atoms with Crippen molar-refractivity contribution in [1.82, 2.24) is 0 Å². The summed E-state index contributed by atoms with van der Waals surface area (Å²) < 4.78 is 4.31. The third kappa shape index (κ3) is 1.94. The monoisotopic (exact) mass is 440 g/mol. The van der Waals surface area contributed by atoms with Crippen LogP contribution in [0.2, 0.25) is 0 Å². The molecule has 0 spiro atoms. The number of benzene rings is 2. The van der Waals surface area contributed by atoms with Gasteiger partial charge in [0.05, 0.1) is 0 Å². The van der Waals surface area contributed by atoms with Crippen LogP contribution in [-0.4, -0.2) is 0 Å². The van der Waals surface area contributed by atoms with Gasteiger partial charge in [-0.15, -0.1) is 0 Å². The average Bonchev–Trinajstić information content (AvgIpc) is 2.14. The first-order valence-electron chi connectivity index (χ1n) is 3.82. The molecule has 0 aromatic heterocycles. The van der Waals surface area contributed by atoms with Crippen LogP contribution >= 0.6 is 63.7 Å². The molecule has 0 radical (unpaired) electrons. The molecular weight excluding hydrogens is 440 g/mol. The Morgan fingerprint density at radius 3 is 2.14 bits per heavy atom. The summed E-state index contributed by atoms with van der Waals surface area (Å²) in [4.78, 5) is 0. The molecule has 4 heteroatoms. The quantitative estimate of drug-likeness (QED) is 0.445. The molecule has 0 saturated heterocycles. The molecule has 0 saturated carbocycles. The van der Waals surface area contributed by atoms with Gasteiger partial charge in [-0.3, -0.25) is 0 Å². The Morgan fingerprint density at radius 2 is 1.43 bits per heavy atom. The van der Waals surface area contributed by atoms with Gasteiger partial charge in [0.15, 0.2) is 0 Å². The lowest BCUT2D eigenvalue weighted by Gasteiger charge is -2.06. The van der Waals surface area contributed by atoms with Crippen LogP contribution in [0.15, 0.2) is 42.2 Å². The highest BCUT2D eigenvalue weighted by Crippen LogP contribution is 2.37. The van der Waals surface area contributed by atoms with Crippen molar-refractivity contribution in [1.29, 1.82) is 0 Å². The molecule has 0 nitrogen and oxygen atoms in total. The first kappa shape index (κ1) is 11.1. The maximum Gasteiger partial charge on any atom is 0.0396 e. The van der Waals surface area contributed by atoms with Gasteiger partial charge in [0.2, 0.25) is 0 Å². The van der Waals surface area contributed by atoms with E-state index in [1.165, 1.54) is 10.8 Å². The van der Waals surface area contributed by atoms with E-state index >= 15 is 0 Å². The van der Waals surface area contributed by atoms with Gasteiger partial charge in [0.1, 0.15) is 0 Å². The predicted molar refractivity (Wildman–Crippen MR) is 74.7 cm³/mol. The first-order valence-corrected chi connectivity index (χ1v) is 6.99. The van der Waals surface area contributed by atoms with Gasteiger partial charge in [-0.05, 0) is 60.8 Å². The zero-order valence-electron chi connectivity index (χ0n) is 6.82. The third-order valence-electron chi connectivity index (χ3n) is 1.94. The van der Waals surface area contributed by atoms with Crippen molar-refractivity contribution in [3.8, 4) is 0 Å². The van der Waals surface area contributed by atoms with Crippen LogP contribution in [0, 0.1) is 0 Å².